The number of hydrogen-bond donors (Lipinski definition) is 1. The van der Waals surface area contributed by atoms with Crippen LogP contribution < -0.4 is 0 Å². The van der Waals surface area contributed by atoms with Crippen molar-refractivity contribution >= 4 is 15.9 Å². The zero-order valence-electron chi connectivity index (χ0n) is 9.59. The van der Waals surface area contributed by atoms with E-state index in [9.17, 15) is 13.2 Å². The van der Waals surface area contributed by atoms with Gasteiger partial charge >= 0.3 is 6.09 Å². The highest BCUT2D eigenvalue weighted by Crippen LogP contribution is 2.33. The monoisotopic (exact) mass is 263 g/mol. The Morgan fingerprint density at radius 2 is 2.00 bits per heavy atom. The van der Waals surface area contributed by atoms with E-state index in [1.54, 1.807) is 4.90 Å². The van der Waals surface area contributed by atoms with Crippen LogP contribution in [0.3, 0.4) is 0 Å². The van der Waals surface area contributed by atoms with Crippen molar-refractivity contribution in [2.45, 2.75) is 24.9 Å². The fraction of sp³-hybridized carbons (Fsp3) is 0.900. The summed E-state index contributed by atoms with van der Waals surface area (Å²) in [6, 6.07) is 0. The lowest BCUT2D eigenvalue weighted by Crippen LogP contribution is -2.42. The van der Waals surface area contributed by atoms with E-state index in [0.29, 0.717) is 32.4 Å². The van der Waals surface area contributed by atoms with Gasteiger partial charge in [-0.25, -0.2) is 13.2 Å². The Labute approximate surface area is 100 Å². The molecular weight excluding hydrogens is 246 g/mol. The van der Waals surface area contributed by atoms with Crippen LogP contribution in [0, 0.1) is 0 Å². The lowest BCUT2D eigenvalue weighted by Gasteiger charge is -2.30. The predicted octanol–water partition coefficient (Wildman–Crippen LogP) is -0.232. The molecule has 2 heterocycles. The Morgan fingerprint density at radius 3 is 2.59 bits per heavy atom. The summed E-state index contributed by atoms with van der Waals surface area (Å²) < 4.78 is 28.0. The fourth-order valence-electron chi connectivity index (χ4n) is 2.30. The molecule has 0 radical (unpaired) electrons. The summed E-state index contributed by atoms with van der Waals surface area (Å²) in [6.07, 6.45) is 0.898. The molecule has 0 unspecified atom stereocenters. The van der Waals surface area contributed by atoms with Crippen LogP contribution in [0.4, 0.5) is 4.79 Å². The van der Waals surface area contributed by atoms with Crippen LogP contribution in [0.25, 0.3) is 0 Å². The highest BCUT2D eigenvalue weighted by molar-refractivity contribution is 7.91. The van der Waals surface area contributed by atoms with Crippen molar-refractivity contribution < 1.29 is 23.1 Å². The summed E-state index contributed by atoms with van der Waals surface area (Å²) in [5.74, 6) is 0.183. The van der Waals surface area contributed by atoms with Crippen molar-refractivity contribution in [2.24, 2.45) is 0 Å². The number of rotatable bonds is 3. The molecule has 1 amide bonds. The average molecular weight is 263 g/mol. The number of aliphatic hydroxyl groups excluding tert-OH is 1. The molecule has 2 rings (SSSR count). The maximum absolute atomic E-state index is 11.6. The van der Waals surface area contributed by atoms with E-state index < -0.39 is 21.5 Å². The van der Waals surface area contributed by atoms with Gasteiger partial charge in [0.15, 0.2) is 9.84 Å². The van der Waals surface area contributed by atoms with Gasteiger partial charge in [-0.05, 0) is 6.42 Å². The molecule has 7 heteroatoms. The van der Waals surface area contributed by atoms with E-state index in [1.807, 2.05) is 0 Å². The highest BCUT2D eigenvalue weighted by Gasteiger charge is 2.48. The smallest absolute Gasteiger partial charge is 0.410 e. The molecule has 0 aliphatic carbocycles. The zero-order chi connectivity index (χ0) is 12.5. The minimum atomic E-state index is -2.95. The van der Waals surface area contributed by atoms with Crippen molar-refractivity contribution in [1.29, 1.82) is 0 Å². The molecule has 17 heavy (non-hydrogen) atoms. The van der Waals surface area contributed by atoms with E-state index in [2.05, 4.69) is 0 Å². The van der Waals surface area contributed by atoms with Gasteiger partial charge in [-0.3, -0.25) is 0 Å². The Balaban J connectivity index is 1.98. The van der Waals surface area contributed by atoms with E-state index in [-0.39, 0.29) is 18.1 Å². The van der Waals surface area contributed by atoms with Gasteiger partial charge in [0.05, 0.1) is 18.1 Å². The van der Waals surface area contributed by atoms with Gasteiger partial charge in [0.1, 0.15) is 5.60 Å². The van der Waals surface area contributed by atoms with Crippen LogP contribution in [-0.4, -0.2) is 61.3 Å². The number of sulfone groups is 1. The number of nitrogens with zero attached hydrogens (tertiary/aromatic N) is 1. The topological polar surface area (TPSA) is 83.9 Å². The third kappa shape index (κ3) is 2.71. The lowest BCUT2D eigenvalue weighted by molar-refractivity contribution is 0.0487. The number of carbonyl (C=O) groups excluding carboxylic acids is 1. The van der Waals surface area contributed by atoms with Gasteiger partial charge in [-0.2, -0.15) is 0 Å². The van der Waals surface area contributed by atoms with E-state index in [4.69, 9.17) is 9.84 Å². The molecule has 2 aliphatic rings. The zero-order valence-corrected chi connectivity index (χ0v) is 10.4. The molecule has 6 nitrogen and oxygen atoms in total. The van der Waals surface area contributed by atoms with Gasteiger partial charge < -0.3 is 14.7 Å². The summed E-state index contributed by atoms with van der Waals surface area (Å²) in [6.45, 7) is 0.941. The largest absolute Gasteiger partial charge is 0.441 e. The van der Waals surface area contributed by atoms with Crippen molar-refractivity contribution in [3.8, 4) is 0 Å². The highest BCUT2D eigenvalue weighted by atomic mass is 32.2. The second kappa shape index (κ2) is 4.45. The minimum absolute atomic E-state index is 0.0329. The standard InChI is InChI=1S/C10H17NO5S/c12-5-1-4-11-8-10(16-9(11)13)2-6-17(14,15)7-3-10/h12H,1-8H2. The molecule has 2 saturated heterocycles. The SMILES string of the molecule is O=C1OC2(CCS(=O)(=O)CC2)CN1CCCO. The molecule has 98 valence electrons. The van der Waals surface area contributed by atoms with Crippen LogP contribution in [-0.2, 0) is 14.6 Å². The van der Waals surface area contributed by atoms with Crippen LogP contribution in [0.5, 0.6) is 0 Å². The molecule has 0 aromatic carbocycles. The van der Waals surface area contributed by atoms with E-state index in [1.165, 1.54) is 0 Å². The predicted molar refractivity (Wildman–Crippen MR) is 60.4 cm³/mol. The second-order valence-electron chi connectivity index (χ2n) is 4.70. The van der Waals surface area contributed by atoms with Crippen LogP contribution in [0.1, 0.15) is 19.3 Å². The Hall–Kier alpha value is -0.820. The second-order valence-corrected chi connectivity index (χ2v) is 7.01. The summed E-state index contributed by atoms with van der Waals surface area (Å²) in [5, 5.41) is 8.73. The maximum Gasteiger partial charge on any atom is 0.410 e. The summed E-state index contributed by atoms with van der Waals surface area (Å²) in [5.41, 5.74) is -0.613. The van der Waals surface area contributed by atoms with Gasteiger partial charge in [-0.15, -0.1) is 0 Å². The molecule has 2 fully saturated rings. The fourth-order valence-corrected chi connectivity index (χ4v) is 3.87. The van der Waals surface area contributed by atoms with Crippen LogP contribution >= 0.6 is 0 Å². The van der Waals surface area contributed by atoms with Gasteiger partial charge in [0, 0.05) is 26.0 Å². The Kier molecular flexibility index (Phi) is 3.31. The van der Waals surface area contributed by atoms with Crippen molar-refractivity contribution in [3.05, 3.63) is 0 Å². The first-order chi connectivity index (χ1) is 7.96. The average Bonchev–Trinajstić information content (AvgIpc) is 2.58. The molecule has 2 aliphatic heterocycles. The molecule has 1 N–H and O–H groups in total. The number of hydrogen-bond acceptors (Lipinski definition) is 5. The molecule has 1 spiro atoms. The number of amides is 1. The quantitative estimate of drug-likeness (QED) is 0.760. The molecular formula is C10H17NO5S. The number of carbonyl (C=O) groups is 1. The molecule has 0 saturated carbocycles. The molecule has 0 bridgehead atoms. The van der Waals surface area contributed by atoms with Gasteiger partial charge in [-0.1, -0.05) is 0 Å². The molecule has 0 aromatic rings. The summed E-state index contributed by atoms with van der Waals surface area (Å²) in [7, 11) is -2.95. The maximum atomic E-state index is 11.6. The third-order valence-electron chi connectivity index (χ3n) is 3.36. The van der Waals surface area contributed by atoms with Crippen molar-refractivity contribution in [1.82, 2.24) is 4.90 Å². The van der Waals surface area contributed by atoms with Crippen molar-refractivity contribution in [3.63, 3.8) is 0 Å². The summed E-state index contributed by atoms with van der Waals surface area (Å²) in [4.78, 5) is 13.1. The molecule has 0 aromatic heterocycles. The first-order valence-electron chi connectivity index (χ1n) is 5.76. The Bertz CT molecular complexity index is 391. The third-order valence-corrected chi connectivity index (χ3v) is 5.02. The Morgan fingerprint density at radius 1 is 1.35 bits per heavy atom. The van der Waals surface area contributed by atoms with Crippen LogP contribution in [0.2, 0.25) is 0 Å². The van der Waals surface area contributed by atoms with E-state index >= 15 is 0 Å². The van der Waals surface area contributed by atoms with Gasteiger partial charge in [0.25, 0.3) is 0 Å². The molecule has 0 atom stereocenters. The first-order valence-corrected chi connectivity index (χ1v) is 7.58. The van der Waals surface area contributed by atoms with E-state index in [0.717, 1.165) is 0 Å². The van der Waals surface area contributed by atoms with Gasteiger partial charge in [0.2, 0.25) is 0 Å². The first kappa shape index (κ1) is 12.6. The number of ether oxygens (including phenoxy) is 1. The normalized spacial score (nSPS) is 26.2. The summed E-state index contributed by atoms with van der Waals surface area (Å²) >= 11 is 0. The number of aliphatic hydroxyl groups is 1. The van der Waals surface area contributed by atoms with Crippen molar-refractivity contribution in [2.75, 3.05) is 31.2 Å². The minimum Gasteiger partial charge on any atom is -0.441 e. The van der Waals surface area contributed by atoms with Crippen LogP contribution in [0.15, 0.2) is 0 Å². The lowest BCUT2D eigenvalue weighted by atomic mass is 9.97.